The molecule has 0 N–H and O–H groups in total. The lowest BCUT2D eigenvalue weighted by molar-refractivity contribution is -0.129. The van der Waals surface area contributed by atoms with Gasteiger partial charge in [-0.15, -0.1) is 0 Å². The van der Waals surface area contributed by atoms with Crippen LogP contribution in [0, 0.1) is 5.92 Å². The number of rotatable bonds is 9. The van der Waals surface area contributed by atoms with Gasteiger partial charge in [-0.2, -0.15) is 30.0 Å². The molecule has 0 spiro atoms. The minimum absolute atomic E-state index is 0.0408. The molecule has 1 saturated carbocycles. The van der Waals surface area contributed by atoms with Gasteiger partial charge in [-0.05, 0) is 12.1 Å². The Morgan fingerprint density at radius 3 is 2.70 bits per heavy atom. The summed E-state index contributed by atoms with van der Waals surface area (Å²) < 4.78 is 64.9. The van der Waals surface area contributed by atoms with E-state index >= 15 is 0 Å². The number of thioether (sulfide) groups is 1. The monoisotopic (exact) mass is 468 g/mol. The molecule has 1 unspecified atom stereocenters. The maximum atomic E-state index is 13.5. The van der Waals surface area contributed by atoms with Crippen molar-refractivity contribution in [2.75, 3.05) is 23.0 Å². The van der Waals surface area contributed by atoms with Crippen molar-refractivity contribution in [3.05, 3.63) is 35.9 Å². The number of carbonyl (C=O) groups is 1. The maximum Gasteiger partial charge on any atom is 0.389 e. The van der Waals surface area contributed by atoms with Crippen LogP contribution in [-0.2, 0) is 4.79 Å². The van der Waals surface area contributed by atoms with Crippen LogP contribution in [0.1, 0.15) is 19.3 Å². The molecule has 2 heterocycles. The van der Waals surface area contributed by atoms with Gasteiger partial charge in [0.2, 0.25) is 5.91 Å². The molecule has 1 amide bonds. The van der Waals surface area contributed by atoms with Crippen molar-refractivity contribution >= 4 is 35.0 Å². The first-order chi connectivity index (χ1) is 14.1. The van der Waals surface area contributed by atoms with Crippen LogP contribution < -0.4 is 4.90 Å². The van der Waals surface area contributed by atoms with E-state index in [1.165, 1.54) is 17.1 Å². The molecule has 12 heteroatoms. The zero-order chi connectivity index (χ0) is 21.9. The van der Waals surface area contributed by atoms with Crippen LogP contribution in [0.25, 0.3) is 5.69 Å². The smallest absolute Gasteiger partial charge is 0.308 e. The van der Waals surface area contributed by atoms with Crippen molar-refractivity contribution in [3.63, 3.8) is 0 Å². The summed E-state index contributed by atoms with van der Waals surface area (Å²) in [7, 11) is 0. The third kappa shape index (κ3) is 6.07. The Morgan fingerprint density at radius 2 is 2.10 bits per heavy atom. The summed E-state index contributed by atoms with van der Waals surface area (Å²) in [6, 6.07) is 3.38. The number of nitrogens with zero attached hydrogens (tertiary/aromatic N) is 4. The van der Waals surface area contributed by atoms with Gasteiger partial charge in [0.15, 0.2) is 5.15 Å². The van der Waals surface area contributed by atoms with Crippen LogP contribution in [0.4, 0.5) is 27.6 Å². The normalized spacial score (nSPS) is 17.7. The first kappa shape index (κ1) is 22.8. The largest absolute Gasteiger partial charge is 0.389 e. The number of aromatic nitrogens is 3. The van der Waals surface area contributed by atoms with Crippen molar-refractivity contribution < 1.29 is 26.7 Å². The Kier molecular flexibility index (Phi) is 6.91. The SMILES string of the molecule is O=C(CCSCCC(F)(F)F)N(CC1CC1(F)F)c1cn(-c2cccnc2)nc1Cl. The number of anilines is 1. The molecule has 2 aromatic heterocycles. The molecular weight excluding hydrogens is 451 g/mol. The van der Waals surface area contributed by atoms with E-state index in [2.05, 4.69) is 10.1 Å². The zero-order valence-electron chi connectivity index (χ0n) is 15.6. The summed E-state index contributed by atoms with van der Waals surface area (Å²) in [6.07, 6.45) is -1.10. The molecule has 1 aliphatic rings. The second-order valence-electron chi connectivity index (χ2n) is 6.85. The summed E-state index contributed by atoms with van der Waals surface area (Å²) in [5, 5.41) is 4.07. The van der Waals surface area contributed by atoms with Crippen LogP contribution in [0.15, 0.2) is 30.7 Å². The lowest BCUT2D eigenvalue weighted by Crippen LogP contribution is -2.34. The van der Waals surface area contributed by atoms with Gasteiger partial charge in [-0.3, -0.25) is 9.78 Å². The fraction of sp³-hybridized carbons (Fsp3) is 0.500. The molecular formula is C18H18ClF5N4OS. The molecule has 1 fully saturated rings. The number of alkyl halides is 5. The van der Waals surface area contributed by atoms with E-state index in [0.29, 0.717) is 5.69 Å². The number of amides is 1. The standard InChI is InChI=1S/C18H18ClF5N4OS/c19-16-14(11-28(26-16)13-2-1-5-25-9-13)27(10-12-8-17(12,20)21)15(29)3-6-30-7-4-18(22,23)24/h1-2,5,9,11-12H,3-4,6-8,10H2. The Balaban J connectivity index is 1.70. The van der Waals surface area contributed by atoms with Gasteiger partial charge in [0.25, 0.3) is 5.92 Å². The van der Waals surface area contributed by atoms with Crippen LogP contribution >= 0.6 is 23.4 Å². The lowest BCUT2D eigenvalue weighted by Gasteiger charge is -2.21. The van der Waals surface area contributed by atoms with Crippen molar-refractivity contribution in [2.45, 2.75) is 31.4 Å². The van der Waals surface area contributed by atoms with Gasteiger partial charge in [0.1, 0.15) is 5.69 Å². The molecule has 0 aliphatic heterocycles. The molecule has 0 saturated heterocycles. The predicted molar refractivity (Wildman–Crippen MR) is 104 cm³/mol. The molecule has 1 atom stereocenters. The molecule has 5 nitrogen and oxygen atoms in total. The second-order valence-corrected chi connectivity index (χ2v) is 8.44. The molecule has 3 rings (SSSR count). The molecule has 0 bridgehead atoms. The van der Waals surface area contributed by atoms with E-state index in [0.717, 1.165) is 16.7 Å². The highest BCUT2D eigenvalue weighted by atomic mass is 35.5. The number of pyridine rings is 1. The Morgan fingerprint density at radius 1 is 1.37 bits per heavy atom. The molecule has 164 valence electrons. The summed E-state index contributed by atoms with van der Waals surface area (Å²) in [4.78, 5) is 17.8. The van der Waals surface area contributed by atoms with E-state index in [1.807, 2.05) is 0 Å². The molecule has 0 aromatic carbocycles. The van der Waals surface area contributed by atoms with E-state index in [4.69, 9.17) is 11.6 Å². The molecule has 0 radical (unpaired) electrons. The first-order valence-electron chi connectivity index (χ1n) is 9.05. The summed E-state index contributed by atoms with van der Waals surface area (Å²) in [5.41, 5.74) is 0.742. The minimum atomic E-state index is -4.25. The Hall–Kier alpha value is -1.88. The Bertz CT molecular complexity index is 877. The molecule has 1 aliphatic carbocycles. The highest BCUT2D eigenvalue weighted by Crippen LogP contribution is 2.49. The van der Waals surface area contributed by atoms with Gasteiger partial charge in [-0.1, -0.05) is 11.6 Å². The van der Waals surface area contributed by atoms with Crippen molar-refractivity contribution in [1.29, 1.82) is 0 Å². The first-order valence-corrected chi connectivity index (χ1v) is 10.6. The zero-order valence-corrected chi connectivity index (χ0v) is 17.2. The third-order valence-electron chi connectivity index (χ3n) is 4.50. The fourth-order valence-corrected chi connectivity index (χ4v) is 3.88. The molecule has 30 heavy (non-hydrogen) atoms. The van der Waals surface area contributed by atoms with Crippen LogP contribution in [-0.4, -0.2) is 50.8 Å². The molecule has 2 aromatic rings. The highest BCUT2D eigenvalue weighted by Gasteiger charge is 2.57. The predicted octanol–water partition coefficient (Wildman–Crippen LogP) is 4.98. The van der Waals surface area contributed by atoms with Crippen molar-refractivity contribution in [2.24, 2.45) is 5.92 Å². The van der Waals surface area contributed by atoms with Crippen molar-refractivity contribution in [1.82, 2.24) is 14.8 Å². The van der Waals surface area contributed by atoms with E-state index < -0.39 is 30.3 Å². The topological polar surface area (TPSA) is 51.0 Å². The summed E-state index contributed by atoms with van der Waals surface area (Å²) in [6.45, 7) is -0.239. The summed E-state index contributed by atoms with van der Waals surface area (Å²) >= 11 is 7.16. The summed E-state index contributed by atoms with van der Waals surface area (Å²) in [5.74, 6) is -4.36. The average Bonchev–Trinajstić information content (AvgIpc) is 3.09. The average molecular weight is 469 g/mol. The second kappa shape index (κ2) is 9.09. The number of halogens is 6. The lowest BCUT2D eigenvalue weighted by atomic mass is 10.3. The van der Waals surface area contributed by atoms with Crippen LogP contribution in [0.5, 0.6) is 0 Å². The quantitative estimate of drug-likeness (QED) is 0.384. The van der Waals surface area contributed by atoms with Crippen LogP contribution in [0.3, 0.4) is 0 Å². The van der Waals surface area contributed by atoms with E-state index in [9.17, 15) is 26.7 Å². The number of carbonyl (C=O) groups excluding carboxylic acids is 1. The highest BCUT2D eigenvalue weighted by molar-refractivity contribution is 7.99. The van der Waals surface area contributed by atoms with Gasteiger partial charge in [-0.25, -0.2) is 13.5 Å². The van der Waals surface area contributed by atoms with Gasteiger partial charge in [0.05, 0.1) is 24.5 Å². The Labute approximate surface area is 178 Å². The fourth-order valence-electron chi connectivity index (χ4n) is 2.75. The van der Waals surface area contributed by atoms with E-state index in [-0.39, 0.29) is 41.7 Å². The van der Waals surface area contributed by atoms with Gasteiger partial charge >= 0.3 is 6.18 Å². The van der Waals surface area contributed by atoms with Crippen molar-refractivity contribution in [3.8, 4) is 5.69 Å². The van der Waals surface area contributed by atoms with Gasteiger partial charge in [0, 0.05) is 43.0 Å². The number of hydrogen-bond donors (Lipinski definition) is 0. The maximum absolute atomic E-state index is 13.5. The number of hydrogen-bond acceptors (Lipinski definition) is 4. The van der Waals surface area contributed by atoms with Gasteiger partial charge < -0.3 is 4.90 Å². The third-order valence-corrected chi connectivity index (χ3v) is 5.76. The van der Waals surface area contributed by atoms with Crippen LogP contribution in [0.2, 0.25) is 5.15 Å². The van der Waals surface area contributed by atoms with E-state index in [1.54, 1.807) is 18.3 Å². The minimum Gasteiger partial charge on any atom is -0.308 e.